The van der Waals surface area contributed by atoms with Crippen molar-refractivity contribution in [1.29, 1.82) is 0 Å². The molecule has 2 heterocycles. The number of aromatic nitrogens is 2. The summed E-state index contributed by atoms with van der Waals surface area (Å²) in [5.74, 6) is 0.804. The molecule has 18 heavy (non-hydrogen) atoms. The summed E-state index contributed by atoms with van der Waals surface area (Å²) < 4.78 is 11.0. The van der Waals surface area contributed by atoms with E-state index in [1.165, 1.54) is 11.8 Å². The average molecular weight is 261 g/mol. The predicted molar refractivity (Wildman–Crippen MR) is 68.5 cm³/mol. The third kappa shape index (κ3) is 1.95. The van der Waals surface area contributed by atoms with Crippen LogP contribution in [-0.2, 0) is 0 Å². The van der Waals surface area contributed by atoms with Gasteiger partial charge in [0.05, 0.1) is 5.69 Å². The smallest absolute Gasteiger partial charge is 0.266 e. The van der Waals surface area contributed by atoms with Crippen LogP contribution in [0.1, 0.15) is 11.5 Å². The highest BCUT2D eigenvalue weighted by atomic mass is 32.2. The third-order valence-electron chi connectivity index (χ3n) is 2.58. The molecule has 0 radical (unpaired) electrons. The molecule has 0 spiro atoms. The van der Waals surface area contributed by atoms with Gasteiger partial charge in [-0.25, -0.2) is 9.97 Å². The van der Waals surface area contributed by atoms with Gasteiger partial charge in [-0.15, -0.1) is 0 Å². The monoisotopic (exact) mass is 261 g/mol. The fraction of sp³-hybridized carbons (Fsp3) is 0.167. The van der Waals surface area contributed by atoms with E-state index in [0.29, 0.717) is 21.7 Å². The van der Waals surface area contributed by atoms with Crippen molar-refractivity contribution in [3.05, 3.63) is 29.7 Å². The minimum atomic E-state index is 0.497. The Labute approximate surface area is 107 Å². The fourth-order valence-electron chi connectivity index (χ4n) is 1.53. The molecular formula is C12H11N3O2S. The van der Waals surface area contributed by atoms with Gasteiger partial charge in [-0.3, -0.25) is 0 Å². The van der Waals surface area contributed by atoms with E-state index < -0.39 is 0 Å². The highest BCUT2D eigenvalue weighted by Gasteiger charge is 2.12. The molecular weight excluding hydrogens is 250 g/mol. The summed E-state index contributed by atoms with van der Waals surface area (Å²) in [4.78, 5) is 8.59. The van der Waals surface area contributed by atoms with Crippen molar-refractivity contribution in [2.24, 2.45) is 0 Å². The van der Waals surface area contributed by atoms with Gasteiger partial charge in [0.15, 0.2) is 5.58 Å². The Kier molecular flexibility index (Phi) is 2.52. The van der Waals surface area contributed by atoms with Crippen LogP contribution in [0.25, 0.3) is 11.1 Å². The zero-order valence-electron chi connectivity index (χ0n) is 9.93. The maximum Gasteiger partial charge on any atom is 0.266 e. The number of anilines is 1. The Morgan fingerprint density at radius 3 is 2.61 bits per heavy atom. The minimum absolute atomic E-state index is 0.497. The molecule has 0 atom stereocenters. The van der Waals surface area contributed by atoms with Gasteiger partial charge in [0.1, 0.15) is 11.3 Å². The van der Waals surface area contributed by atoms with E-state index in [1.807, 2.05) is 19.9 Å². The molecule has 3 aromatic rings. The topological polar surface area (TPSA) is 78.1 Å². The van der Waals surface area contributed by atoms with Crippen LogP contribution in [0.5, 0.6) is 0 Å². The Morgan fingerprint density at radius 2 is 1.89 bits per heavy atom. The Balaban J connectivity index is 1.95. The number of aryl methyl sites for hydroxylation is 2. The summed E-state index contributed by atoms with van der Waals surface area (Å²) in [5, 5.41) is 1.03. The summed E-state index contributed by atoms with van der Waals surface area (Å²) in [6.45, 7) is 3.77. The zero-order valence-corrected chi connectivity index (χ0v) is 10.7. The van der Waals surface area contributed by atoms with Crippen LogP contribution < -0.4 is 5.73 Å². The van der Waals surface area contributed by atoms with E-state index in [-0.39, 0.29) is 0 Å². The molecule has 0 fully saturated rings. The third-order valence-corrected chi connectivity index (χ3v) is 3.27. The van der Waals surface area contributed by atoms with Crippen LogP contribution in [0.15, 0.2) is 37.5 Å². The van der Waals surface area contributed by atoms with Gasteiger partial charge in [0.2, 0.25) is 0 Å². The van der Waals surface area contributed by atoms with Gasteiger partial charge in [-0.05, 0) is 26.0 Å². The largest absolute Gasteiger partial charge is 0.436 e. The van der Waals surface area contributed by atoms with Crippen LogP contribution >= 0.6 is 11.8 Å². The molecule has 5 nitrogen and oxygen atoms in total. The summed E-state index contributed by atoms with van der Waals surface area (Å²) in [6, 6.07) is 5.36. The van der Waals surface area contributed by atoms with E-state index in [4.69, 9.17) is 14.6 Å². The molecule has 0 bridgehead atoms. The van der Waals surface area contributed by atoms with E-state index in [9.17, 15) is 0 Å². The quantitative estimate of drug-likeness (QED) is 0.714. The van der Waals surface area contributed by atoms with Crippen molar-refractivity contribution in [1.82, 2.24) is 9.97 Å². The number of oxazole rings is 2. The summed E-state index contributed by atoms with van der Waals surface area (Å²) in [7, 11) is 0. The van der Waals surface area contributed by atoms with Crippen LogP contribution in [-0.4, -0.2) is 9.97 Å². The van der Waals surface area contributed by atoms with E-state index in [1.54, 1.807) is 12.1 Å². The molecule has 0 amide bonds. The van der Waals surface area contributed by atoms with Gasteiger partial charge >= 0.3 is 0 Å². The standard InChI is InChI=1S/C12H11N3O2S/c1-6-7(2)16-11(14-6)18-12-15-9-4-3-8(13)5-10(9)17-12/h3-5H,13H2,1-2H3. The number of hydrogen-bond acceptors (Lipinski definition) is 6. The minimum Gasteiger partial charge on any atom is -0.436 e. The lowest BCUT2D eigenvalue weighted by Crippen LogP contribution is -1.81. The van der Waals surface area contributed by atoms with Gasteiger partial charge in [0, 0.05) is 23.5 Å². The Morgan fingerprint density at radius 1 is 1.11 bits per heavy atom. The zero-order chi connectivity index (χ0) is 12.7. The SMILES string of the molecule is Cc1nc(Sc2nc3ccc(N)cc3o2)oc1C. The Bertz CT molecular complexity index is 698. The van der Waals surface area contributed by atoms with Crippen LogP contribution in [0.2, 0.25) is 0 Å². The highest BCUT2D eigenvalue weighted by molar-refractivity contribution is 7.98. The first-order chi connectivity index (χ1) is 8.61. The summed E-state index contributed by atoms with van der Waals surface area (Å²) in [6.07, 6.45) is 0. The number of nitrogen functional groups attached to an aromatic ring is 1. The Hall–Kier alpha value is -1.95. The molecule has 0 unspecified atom stereocenters. The van der Waals surface area contributed by atoms with Crippen molar-refractivity contribution >= 4 is 28.5 Å². The highest BCUT2D eigenvalue weighted by Crippen LogP contribution is 2.30. The van der Waals surface area contributed by atoms with Crippen LogP contribution in [0, 0.1) is 13.8 Å². The number of nitrogens with zero attached hydrogens (tertiary/aromatic N) is 2. The maximum atomic E-state index is 5.68. The summed E-state index contributed by atoms with van der Waals surface area (Å²) in [5.41, 5.74) is 8.64. The number of benzene rings is 1. The van der Waals surface area contributed by atoms with E-state index >= 15 is 0 Å². The molecule has 0 saturated carbocycles. The predicted octanol–water partition coefficient (Wildman–Crippen LogP) is 3.17. The first-order valence-corrected chi connectivity index (χ1v) is 6.21. The molecule has 0 aliphatic carbocycles. The van der Waals surface area contributed by atoms with Gasteiger partial charge in [-0.1, -0.05) is 0 Å². The second-order valence-corrected chi connectivity index (χ2v) is 4.83. The second kappa shape index (κ2) is 4.06. The normalized spacial score (nSPS) is 11.2. The van der Waals surface area contributed by atoms with E-state index in [0.717, 1.165) is 17.0 Å². The van der Waals surface area contributed by atoms with Crippen molar-refractivity contribution in [3.8, 4) is 0 Å². The van der Waals surface area contributed by atoms with Crippen LogP contribution in [0.4, 0.5) is 5.69 Å². The molecule has 2 aromatic heterocycles. The fourth-order valence-corrected chi connectivity index (χ4v) is 2.30. The first kappa shape index (κ1) is 11.2. The maximum absolute atomic E-state index is 5.68. The lowest BCUT2D eigenvalue weighted by atomic mass is 10.3. The van der Waals surface area contributed by atoms with Crippen molar-refractivity contribution < 1.29 is 8.83 Å². The molecule has 2 N–H and O–H groups in total. The second-order valence-electron chi connectivity index (χ2n) is 3.93. The molecule has 1 aromatic carbocycles. The molecule has 3 rings (SSSR count). The van der Waals surface area contributed by atoms with Crippen molar-refractivity contribution in [3.63, 3.8) is 0 Å². The molecule has 6 heteroatoms. The van der Waals surface area contributed by atoms with E-state index in [2.05, 4.69) is 9.97 Å². The first-order valence-electron chi connectivity index (χ1n) is 5.40. The molecule has 0 saturated heterocycles. The average Bonchev–Trinajstić information content (AvgIpc) is 2.82. The summed E-state index contributed by atoms with van der Waals surface area (Å²) >= 11 is 1.26. The van der Waals surface area contributed by atoms with Crippen molar-refractivity contribution in [2.45, 2.75) is 24.3 Å². The molecule has 0 aliphatic rings. The number of nitrogens with two attached hydrogens (primary N) is 1. The number of hydrogen-bond donors (Lipinski definition) is 1. The number of fused-ring (bicyclic) bond motifs is 1. The van der Waals surface area contributed by atoms with Gasteiger partial charge in [-0.2, -0.15) is 0 Å². The molecule has 92 valence electrons. The lowest BCUT2D eigenvalue weighted by Gasteiger charge is -1.88. The van der Waals surface area contributed by atoms with Gasteiger partial charge < -0.3 is 14.6 Å². The molecule has 0 aliphatic heterocycles. The van der Waals surface area contributed by atoms with Crippen LogP contribution in [0.3, 0.4) is 0 Å². The lowest BCUT2D eigenvalue weighted by molar-refractivity contribution is 0.424. The van der Waals surface area contributed by atoms with Crippen molar-refractivity contribution in [2.75, 3.05) is 5.73 Å². The van der Waals surface area contributed by atoms with Gasteiger partial charge in [0.25, 0.3) is 10.4 Å². The number of rotatable bonds is 2.